The lowest BCUT2D eigenvalue weighted by Gasteiger charge is -2.19. The molecule has 2 aromatic rings. The van der Waals surface area contributed by atoms with Crippen LogP contribution in [0.5, 0.6) is 0 Å². The number of aryl methyl sites for hydroxylation is 2. The third kappa shape index (κ3) is 3.63. The molecule has 1 N–H and O–H groups in total. The van der Waals surface area contributed by atoms with E-state index in [0.717, 1.165) is 22.4 Å². The van der Waals surface area contributed by atoms with Crippen LogP contribution in [-0.2, 0) is 6.54 Å². The molecule has 2 aromatic carbocycles. The smallest absolute Gasteiger partial charge is 0.254 e. The van der Waals surface area contributed by atoms with Crippen molar-refractivity contribution in [1.29, 1.82) is 0 Å². The maximum Gasteiger partial charge on any atom is 0.254 e. The Morgan fingerprint density at radius 3 is 2.33 bits per heavy atom. The van der Waals surface area contributed by atoms with Crippen LogP contribution in [0.3, 0.4) is 0 Å². The Bertz CT molecular complexity index is 632. The van der Waals surface area contributed by atoms with Gasteiger partial charge in [0.25, 0.3) is 5.91 Å². The van der Waals surface area contributed by atoms with Gasteiger partial charge in [0.1, 0.15) is 0 Å². The Hall–Kier alpha value is -2.29. The van der Waals surface area contributed by atoms with Crippen LogP contribution in [0.15, 0.2) is 42.5 Å². The lowest BCUT2D eigenvalue weighted by molar-refractivity contribution is 0.0784. The van der Waals surface area contributed by atoms with Crippen molar-refractivity contribution in [2.75, 3.05) is 19.4 Å². The second-order valence-corrected chi connectivity index (χ2v) is 5.43. The minimum Gasteiger partial charge on any atom is -0.388 e. The highest BCUT2D eigenvalue weighted by Crippen LogP contribution is 2.17. The van der Waals surface area contributed by atoms with Gasteiger partial charge in [-0.2, -0.15) is 0 Å². The average Bonchev–Trinajstić information content (AvgIpc) is 2.48. The second kappa shape index (κ2) is 6.44. The molecule has 0 fully saturated rings. The number of carbonyl (C=O) groups excluding carboxylic acids is 1. The van der Waals surface area contributed by atoms with Crippen molar-refractivity contribution in [2.24, 2.45) is 0 Å². The van der Waals surface area contributed by atoms with Gasteiger partial charge >= 0.3 is 0 Å². The van der Waals surface area contributed by atoms with Crippen molar-refractivity contribution in [3.63, 3.8) is 0 Å². The summed E-state index contributed by atoms with van der Waals surface area (Å²) in [6.07, 6.45) is 0. The van der Waals surface area contributed by atoms with Crippen LogP contribution in [-0.4, -0.2) is 24.9 Å². The zero-order chi connectivity index (χ0) is 15.4. The second-order valence-electron chi connectivity index (χ2n) is 5.43. The van der Waals surface area contributed by atoms with Crippen LogP contribution in [0, 0.1) is 13.8 Å². The van der Waals surface area contributed by atoms with Crippen LogP contribution in [0.4, 0.5) is 5.69 Å². The molecular formula is C18H22N2O. The molecule has 0 bridgehead atoms. The molecule has 0 aliphatic heterocycles. The summed E-state index contributed by atoms with van der Waals surface area (Å²) in [6, 6.07) is 14.1. The molecule has 21 heavy (non-hydrogen) atoms. The number of hydrogen-bond acceptors (Lipinski definition) is 2. The van der Waals surface area contributed by atoms with Gasteiger partial charge < -0.3 is 10.2 Å². The van der Waals surface area contributed by atoms with E-state index in [-0.39, 0.29) is 5.91 Å². The Morgan fingerprint density at radius 2 is 1.76 bits per heavy atom. The molecule has 0 radical (unpaired) electrons. The number of nitrogens with zero attached hydrogens (tertiary/aromatic N) is 1. The van der Waals surface area contributed by atoms with Crippen molar-refractivity contribution < 1.29 is 4.79 Å². The summed E-state index contributed by atoms with van der Waals surface area (Å²) < 4.78 is 0. The quantitative estimate of drug-likeness (QED) is 0.929. The van der Waals surface area contributed by atoms with E-state index in [0.29, 0.717) is 6.54 Å². The minimum absolute atomic E-state index is 0.0516. The van der Waals surface area contributed by atoms with E-state index in [2.05, 4.69) is 36.5 Å². The van der Waals surface area contributed by atoms with E-state index in [1.54, 1.807) is 4.90 Å². The van der Waals surface area contributed by atoms with Gasteiger partial charge in [-0.3, -0.25) is 4.79 Å². The SMILES string of the molecule is CNc1ccc(C(=O)N(C)Cc2ccc(C)cc2)c(C)c1. The number of nitrogens with one attached hydrogen (secondary N) is 1. The molecule has 110 valence electrons. The van der Waals surface area contributed by atoms with Crippen LogP contribution >= 0.6 is 0 Å². The average molecular weight is 282 g/mol. The van der Waals surface area contributed by atoms with Crippen LogP contribution in [0.25, 0.3) is 0 Å². The molecule has 0 aliphatic rings. The molecule has 0 unspecified atom stereocenters. The highest BCUT2D eigenvalue weighted by molar-refractivity contribution is 5.95. The molecule has 0 aromatic heterocycles. The van der Waals surface area contributed by atoms with E-state index in [1.807, 2.05) is 39.2 Å². The summed E-state index contributed by atoms with van der Waals surface area (Å²) in [5.74, 6) is 0.0516. The number of rotatable bonds is 4. The third-order valence-electron chi connectivity index (χ3n) is 3.63. The highest BCUT2D eigenvalue weighted by Gasteiger charge is 2.14. The van der Waals surface area contributed by atoms with Crippen molar-refractivity contribution >= 4 is 11.6 Å². The number of amides is 1. The fraction of sp³-hybridized carbons (Fsp3) is 0.278. The molecule has 3 nitrogen and oxygen atoms in total. The van der Waals surface area contributed by atoms with Gasteiger partial charge in [-0.1, -0.05) is 29.8 Å². The Balaban J connectivity index is 2.13. The maximum atomic E-state index is 12.5. The lowest BCUT2D eigenvalue weighted by Crippen LogP contribution is -2.26. The molecule has 1 amide bonds. The standard InChI is InChI=1S/C18H22N2O/c1-13-5-7-15(8-6-13)12-20(4)18(21)17-10-9-16(19-3)11-14(17)2/h5-11,19H,12H2,1-4H3. The summed E-state index contributed by atoms with van der Waals surface area (Å²) in [6.45, 7) is 4.64. The van der Waals surface area contributed by atoms with Gasteiger partial charge in [-0.25, -0.2) is 0 Å². The summed E-state index contributed by atoms with van der Waals surface area (Å²) >= 11 is 0. The van der Waals surface area contributed by atoms with Crippen LogP contribution in [0.1, 0.15) is 27.0 Å². The summed E-state index contributed by atoms with van der Waals surface area (Å²) in [4.78, 5) is 14.3. The van der Waals surface area contributed by atoms with Crippen molar-refractivity contribution in [1.82, 2.24) is 4.90 Å². The molecule has 3 heteroatoms. The molecular weight excluding hydrogens is 260 g/mol. The maximum absolute atomic E-state index is 12.5. The fourth-order valence-electron chi connectivity index (χ4n) is 2.30. The molecule has 0 saturated carbocycles. The largest absolute Gasteiger partial charge is 0.388 e. The minimum atomic E-state index is 0.0516. The van der Waals surface area contributed by atoms with Gasteiger partial charge in [-0.05, 0) is 43.2 Å². The van der Waals surface area contributed by atoms with Crippen molar-refractivity contribution in [3.05, 3.63) is 64.7 Å². The van der Waals surface area contributed by atoms with Gasteiger partial charge in [0.05, 0.1) is 0 Å². The monoisotopic (exact) mass is 282 g/mol. The first-order valence-corrected chi connectivity index (χ1v) is 7.10. The third-order valence-corrected chi connectivity index (χ3v) is 3.63. The normalized spacial score (nSPS) is 10.3. The van der Waals surface area contributed by atoms with E-state index in [4.69, 9.17) is 0 Å². The van der Waals surface area contributed by atoms with Crippen LogP contribution < -0.4 is 5.32 Å². The van der Waals surface area contributed by atoms with E-state index in [9.17, 15) is 4.79 Å². The van der Waals surface area contributed by atoms with Crippen LogP contribution in [0.2, 0.25) is 0 Å². The predicted molar refractivity (Wildman–Crippen MR) is 87.7 cm³/mol. The molecule has 0 saturated heterocycles. The fourth-order valence-corrected chi connectivity index (χ4v) is 2.30. The summed E-state index contributed by atoms with van der Waals surface area (Å²) in [7, 11) is 3.72. The molecule has 0 atom stereocenters. The van der Waals surface area contributed by atoms with Gasteiger partial charge in [0.2, 0.25) is 0 Å². The molecule has 0 heterocycles. The Morgan fingerprint density at radius 1 is 1.10 bits per heavy atom. The van der Waals surface area contributed by atoms with Gasteiger partial charge in [0, 0.05) is 31.9 Å². The Kier molecular flexibility index (Phi) is 4.63. The number of hydrogen-bond donors (Lipinski definition) is 1. The number of carbonyl (C=O) groups is 1. The van der Waals surface area contributed by atoms with Crippen molar-refractivity contribution in [2.45, 2.75) is 20.4 Å². The van der Waals surface area contributed by atoms with Crippen molar-refractivity contribution in [3.8, 4) is 0 Å². The lowest BCUT2D eigenvalue weighted by atomic mass is 10.1. The number of benzene rings is 2. The van der Waals surface area contributed by atoms with E-state index in [1.165, 1.54) is 5.56 Å². The number of anilines is 1. The Labute approximate surface area is 126 Å². The topological polar surface area (TPSA) is 32.3 Å². The molecule has 2 rings (SSSR count). The predicted octanol–water partition coefficient (Wildman–Crippen LogP) is 3.62. The highest BCUT2D eigenvalue weighted by atomic mass is 16.2. The zero-order valence-corrected chi connectivity index (χ0v) is 13.1. The first-order chi connectivity index (χ1) is 10.0. The van der Waals surface area contributed by atoms with Gasteiger partial charge in [0.15, 0.2) is 0 Å². The van der Waals surface area contributed by atoms with E-state index < -0.39 is 0 Å². The van der Waals surface area contributed by atoms with Gasteiger partial charge in [-0.15, -0.1) is 0 Å². The first-order valence-electron chi connectivity index (χ1n) is 7.10. The summed E-state index contributed by atoms with van der Waals surface area (Å²) in [5.41, 5.74) is 5.13. The summed E-state index contributed by atoms with van der Waals surface area (Å²) in [5, 5.41) is 3.08. The molecule has 0 spiro atoms. The van der Waals surface area contributed by atoms with E-state index >= 15 is 0 Å². The zero-order valence-electron chi connectivity index (χ0n) is 13.1. The molecule has 0 aliphatic carbocycles. The first kappa shape index (κ1) is 15.1.